The van der Waals surface area contributed by atoms with E-state index in [0.717, 1.165) is 22.2 Å². The normalized spacial score (nSPS) is 24.2. The Labute approximate surface area is 164 Å². The summed E-state index contributed by atoms with van der Waals surface area (Å²) in [6.07, 6.45) is 0.343. The Kier molecular flexibility index (Phi) is 4.95. The summed E-state index contributed by atoms with van der Waals surface area (Å²) in [5.41, 5.74) is 3.29. The highest BCUT2D eigenvalue weighted by molar-refractivity contribution is 7.86. The first-order valence-electron chi connectivity index (χ1n) is 9.42. The summed E-state index contributed by atoms with van der Waals surface area (Å²) >= 11 is 0. The summed E-state index contributed by atoms with van der Waals surface area (Å²) in [4.78, 5) is 15.2. The number of fused-ring (bicyclic) bond motifs is 3. The number of aromatic nitrogens is 1. The van der Waals surface area contributed by atoms with Gasteiger partial charge in [0.05, 0.1) is 24.9 Å². The molecule has 28 heavy (non-hydrogen) atoms. The van der Waals surface area contributed by atoms with Crippen molar-refractivity contribution in [3.63, 3.8) is 0 Å². The monoisotopic (exact) mass is 407 g/mol. The Morgan fingerprint density at radius 1 is 1.21 bits per heavy atom. The molecule has 9 heteroatoms. The van der Waals surface area contributed by atoms with Crippen LogP contribution in [-0.4, -0.2) is 66.9 Å². The molecule has 1 saturated heterocycles. The van der Waals surface area contributed by atoms with Crippen LogP contribution in [0.25, 0.3) is 10.9 Å². The molecule has 1 N–H and O–H groups in total. The first-order valence-corrected chi connectivity index (χ1v) is 10.8. The third-order valence-electron chi connectivity index (χ3n) is 5.40. The molecule has 0 aliphatic carbocycles. The van der Waals surface area contributed by atoms with Gasteiger partial charge in [-0.2, -0.15) is 17.0 Å². The largest absolute Gasteiger partial charge is 0.465 e. The summed E-state index contributed by atoms with van der Waals surface area (Å²) in [7, 11) is -2.25. The number of H-pyrrole nitrogens is 1. The zero-order chi connectivity index (χ0) is 20.1. The van der Waals surface area contributed by atoms with Gasteiger partial charge in [0.2, 0.25) is 0 Å². The number of aromatic amines is 1. The number of morpholine rings is 1. The van der Waals surface area contributed by atoms with Gasteiger partial charge in [0.25, 0.3) is 10.2 Å². The second kappa shape index (κ2) is 7.14. The van der Waals surface area contributed by atoms with Crippen LogP contribution in [0.3, 0.4) is 0 Å². The molecule has 1 aromatic carbocycles. The average Bonchev–Trinajstić information content (AvgIpc) is 3.03. The van der Waals surface area contributed by atoms with E-state index in [1.54, 1.807) is 12.1 Å². The predicted molar refractivity (Wildman–Crippen MR) is 104 cm³/mol. The van der Waals surface area contributed by atoms with Gasteiger partial charge in [0, 0.05) is 49.2 Å². The van der Waals surface area contributed by atoms with E-state index < -0.39 is 16.2 Å². The Bertz CT molecular complexity index is 1010. The number of esters is 1. The quantitative estimate of drug-likeness (QED) is 0.782. The van der Waals surface area contributed by atoms with Crippen LogP contribution in [0.4, 0.5) is 0 Å². The Morgan fingerprint density at radius 2 is 1.93 bits per heavy atom. The highest BCUT2D eigenvalue weighted by Crippen LogP contribution is 2.31. The molecule has 4 rings (SSSR count). The van der Waals surface area contributed by atoms with Gasteiger partial charge in [-0.3, -0.25) is 0 Å². The highest BCUT2D eigenvalue weighted by Gasteiger charge is 2.37. The van der Waals surface area contributed by atoms with Gasteiger partial charge >= 0.3 is 5.97 Å². The molecular formula is C19H25N3O5S. The van der Waals surface area contributed by atoms with Crippen LogP contribution in [-0.2, 0) is 32.6 Å². The molecule has 1 aromatic heterocycles. The minimum Gasteiger partial charge on any atom is -0.465 e. The zero-order valence-electron chi connectivity index (χ0n) is 16.3. The lowest BCUT2D eigenvalue weighted by Crippen LogP contribution is -2.53. The van der Waals surface area contributed by atoms with Gasteiger partial charge in [-0.1, -0.05) is 0 Å². The molecule has 2 aromatic rings. The van der Waals surface area contributed by atoms with Crippen LogP contribution in [0.2, 0.25) is 0 Å². The number of hydrogen-bond acceptors (Lipinski definition) is 5. The number of hydrogen-bond donors (Lipinski definition) is 1. The maximum Gasteiger partial charge on any atom is 0.337 e. The Morgan fingerprint density at radius 3 is 2.61 bits per heavy atom. The maximum atomic E-state index is 13.2. The summed E-state index contributed by atoms with van der Waals surface area (Å²) in [6.45, 7) is 5.20. The van der Waals surface area contributed by atoms with Crippen molar-refractivity contribution in [1.29, 1.82) is 0 Å². The second-order valence-electron chi connectivity index (χ2n) is 7.50. The fourth-order valence-corrected chi connectivity index (χ4v) is 5.85. The van der Waals surface area contributed by atoms with Crippen molar-refractivity contribution in [2.75, 3.05) is 26.7 Å². The van der Waals surface area contributed by atoms with Crippen molar-refractivity contribution < 1.29 is 22.7 Å². The maximum absolute atomic E-state index is 13.2. The number of carbonyl (C=O) groups excluding carboxylic acids is 1. The first-order chi connectivity index (χ1) is 13.3. The zero-order valence-corrected chi connectivity index (χ0v) is 17.1. The molecular weight excluding hydrogens is 382 g/mol. The van der Waals surface area contributed by atoms with Crippen molar-refractivity contribution >= 4 is 27.1 Å². The molecule has 0 unspecified atom stereocenters. The first kappa shape index (κ1) is 19.4. The van der Waals surface area contributed by atoms with Crippen molar-refractivity contribution in [3.8, 4) is 0 Å². The molecule has 8 nitrogen and oxygen atoms in total. The molecule has 3 heterocycles. The van der Waals surface area contributed by atoms with Gasteiger partial charge in [-0.25, -0.2) is 4.79 Å². The number of nitrogens with one attached hydrogen (secondary N) is 1. The Hall–Kier alpha value is -1.94. The van der Waals surface area contributed by atoms with E-state index in [1.165, 1.54) is 15.7 Å². The molecule has 0 spiro atoms. The van der Waals surface area contributed by atoms with Crippen LogP contribution in [0.1, 0.15) is 35.5 Å². The smallest absolute Gasteiger partial charge is 0.337 e. The van der Waals surface area contributed by atoms with E-state index >= 15 is 0 Å². The van der Waals surface area contributed by atoms with Crippen LogP contribution < -0.4 is 0 Å². The highest BCUT2D eigenvalue weighted by atomic mass is 32.2. The minimum absolute atomic E-state index is 0.130. The number of carbonyl (C=O) groups is 1. The Balaban J connectivity index is 1.66. The van der Waals surface area contributed by atoms with E-state index in [9.17, 15) is 13.2 Å². The van der Waals surface area contributed by atoms with E-state index in [-0.39, 0.29) is 18.8 Å². The van der Waals surface area contributed by atoms with E-state index in [4.69, 9.17) is 9.47 Å². The van der Waals surface area contributed by atoms with Crippen molar-refractivity contribution in [2.45, 2.75) is 39.0 Å². The average molecular weight is 407 g/mol. The molecule has 2 aliphatic heterocycles. The van der Waals surface area contributed by atoms with Gasteiger partial charge in [0.1, 0.15) is 0 Å². The molecule has 0 amide bonds. The van der Waals surface area contributed by atoms with Gasteiger partial charge in [-0.05, 0) is 37.6 Å². The molecule has 1 fully saturated rings. The van der Waals surface area contributed by atoms with Crippen LogP contribution in [0.5, 0.6) is 0 Å². The SMILES string of the molecule is COC(=O)c1ccc2[nH]c3c(c2c1)CN(S(=O)(=O)N1C[C@H](C)O[C@@H](C)C1)CC3. The van der Waals surface area contributed by atoms with Crippen LogP contribution in [0.15, 0.2) is 18.2 Å². The molecule has 0 saturated carbocycles. The summed E-state index contributed by atoms with van der Waals surface area (Å²) in [5.74, 6) is -0.409. The second-order valence-corrected chi connectivity index (χ2v) is 9.43. The van der Waals surface area contributed by atoms with E-state index in [2.05, 4.69) is 4.98 Å². The van der Waals surface area contributed by atoms with Crippen LogP contribution >= 0.6 is 0 Å². The molecule has 2 atom stereocenters. The topological polar surface area (TPSA) is 91.9 Å². The number of benzene rings is 1. The van der Waals surface area contributed by atoms with Gasteiger partial charge < -0.3 is 14.5 Å². The minimum atomic E-state index is -3.59. The lowest BCUT2D eigenvalue weighted by Gasteiger charge is -2.38. The third kappa shape index (κ3) is 3.32. The molecule has 2 aliphatic rings. The predicted octanol–water partition coefficient (Wildman–Crippen LogP) is 1.67. The van der Waals surface area contributed by atoms with Crippen molar-refractivity contribution in [2.24, 2.45) is 0 Å². The van der Waals surface area contributed by atoms with E-state index in [1.807, 2.05) is 19.9 Å². The lowest BCUT2D eigenvalue weighted by atomic mass is 10.0. The summed E-state index contributed by atoms with van der Waals surface area (Å²) in [6, 6.07) is 5.32. The van der Waals surface area contributed by atoms with Crippen LogP contribution in [0, 0.1) is 0 Å². The van der Waals surface area contributed by atoms with Crippen molar-refractivity contribution in [1.82, 2.24) is 13.6 Å². The number of nitrogens with zero attached hydrogens (tertiary/aromatic N) is 2. The number of ether oxygens (including phenoxy) is 2. The number of methoxy groups -OCH3 is 1. The third-order valence-corrected chi connectivity index (χ3v) is 7.31. The van der Waals surface area contributed by atoms with Gasteiger partial charge in [0.15, 0.2) is 0 Å². The van der Waals surface area contributed by atoms with E-state index in [0.29, 0.717) is 31.6 Å². The molecule has 0 radical (unpaired) electrons. The number of rotatable bonds is 3. The standard InChI is InChI=1S/C19H25N3O5S/c1-12-9-22(10-13(2)27-12)28(24,25)21-7-6-18-16(11-21)15-8-14(19(23)26-3)4-5-17(15)20-18/h4-5,8,12-13,20H,6-7,9-11H2,1-3H3/t12-,13-/m0/s1. The fourth-order valence-electron chi connectivity index (χ4n) is 4.11. The lowest BCUT2D eigenvalue weighted by molar-refractivity contribution is -0.0455. The molecule has 152 valence electrons. The molecule has 0 bridgehead atoms. The summed E-state index contributed by atoms with van der Waals surface area (Å²) < 4.78 is 40.0. The summed E-state index contributed by atoms with van der Waals surface area (Å²) in [5, 5.41) is 0.863. The van der Waals surface area contributed by atoms with Crippen molar-refractivity contribution in [3.05, 3.63) is 35.0 Å². The fraction of sp³-hybridized carbons (Fsp3) is 0.526. The van der Waals surface area contributed by atoms with Gasteiger partial charge in [-0.15, -0.1) is 0 Å².